The van der Waals surface area contributed by atoms with E-state index >= 15 is 4.39 Å². The van der Waals surface area contributed by atoms with Gasteiger partial charge in [-0.15, -0.1) is 0 Å². The third-order valence-corrected chi connectivity index (χ3v) is 6.47. The second-order valence-corrected chi connectivity index (χ2v) is 9.08. The molecule has 1 atom stereocenters. The van der Waals surface area contributed by atoms with E-state index in [4.69, 9.17) is 0 Å². The van der Waals surface area contributed by atoms with E-state index in [-0.39, 0.29) is 22.6 Å². The van der Waals surface area contributed by atoms with Crippen molar-refractivity contribution in [2.45, 2.75) is 12.0 Å². The standard InChI is InChI=1S/C30H25FN6O3/c1-37-25(16-17-32-37)29(39)34-28(27(19-8-4-2-5-9-19)20-10-6-3-7-11-20)30(40)33-21-12-13-22(23(31)18-21)24-14-15-26(38)36-35-24/h2-18,27-28H,1H3,(H,33,40)(H,34,39)(H,36,38)/t28-/m0/s1. The van der Waals surface area contributed by atoms with Gasteiger partial charge in [0.05, 0.1) is 5.69 Å². The zero-order chi connectivity index (χ0) is 28.1. The lowest BCUT2D eigenvalue weighted by atomic mass is 9.84. The number of hydrogen-bond acceptors (Lipinski definition) is 5. The Balaban J connectivity index is 1.50. The molecule has 0 aliphatic carbocycles. The van der Waals surface area contributed by atoms with Crippen molar-refractivity contribution in [3.8, 4) is 11.3 Å². The van der Waals surface area contributed by atoms with Gasteiger partial charge in [0, 0.05) is 36.5 Å². The summed E-state index contributed by atoms with van der Waals surface area (Å²) in [7, 11) is 1.64. The minimum atomic E-state index is -1.07. The lowest BCUT2D eigenvalue weighted by molar-refractivity contribution is -0.118. The van der Waals surface area contributed by atoms with E-state index in [2.05, 4.69) is 25.9 Å². The Hall–Kier alpha value is -5.38. The van der Waals surface area contributed by atoms with Gasteiger partial charge in [0.2, 0.25) is 5.91 Å². The van der Waals surface area contributed by atoms with Crippen molar-refractivity contribution in [2.75, 3.05) is 5.32 Å². The molecule has 0 saturated heterocycles. The number of aromatic nitrogens is 4. The van der Waals surface area contributed by atoms with E-state index in [1.807, 2.05) is 60.7 Å². The molecule has 0 fully saturated rings. The molecule has 0 saturated carbocycles. The van der Waals surface area contributed by atoms with E-state index < -0.39 is 35.2 Å². The molecular weight excluding hydrogens is 511 g/mol. The molecule has 40 heavy (non-hydrogen) atoms. The second kappa shape index (κ2) is 11.6. The summed E-state index contributed by atoms with van der Waals surface area (Å²) in [5.41, 5.74) is 2.08. The number of H-pyrrole nitrogens is 1. The first-order chi connectivity index (χ1) is 19.4. The Labute approximate surface area is 228 Å². The second-order valence-electron chi connectivity index (χ2n) is 9.08. The van der Waals surface area contributed by atoms with E-state index in [1.165, 1.54) is 41.2 Å². The van der Waals surface area contributed by atoms with Crippen molar-refractivity contribution in [1.29, 1.82) is 0 Å². The first-order valence-electron chi connectivity index (χ1n) is 12.5. The Kier molecular flexibility index (Phi) is 7.58. The molecule has 10 heteroatoms. The Morgan fingerprint density at radius 1 is 0.900 bits per heavy atom. The highest BCUT2D eigenvalue weighted by Gasteiger charge is 2.33. The van der Waals surface area contributed by atoms with Crippen molar-refractivity contribution in [3.63, 3.8) is 0 Å². The number of amides is 2. The summed E-state index contributed by atoms with van der Waals surface area (Å²) >= 11 is 0. The van der Waals surface area contributed by atoms with Gasteiger partial charge in [0.25, 0.3) is 11.5 Å². The van der Waals surface area contributed by atoms with Gasteiger partial charge in [-0.2, -0.15) is 10.2 Å². The number of nitrogens with zero attached hydrogens (tertiary/aromatic N) is 3. The number of hydrogen-bond donors (Lipinski definition) is 3. The van der Waals surface area contributed by atoms with Crippen LogP contribution >= 0.6 is 0 Å². The smallest absolute Gasteiger partial charge is 0.270 e. The van der Waals surface area contributed by atoms with Crippen LogP contribution in [0.3, 0.4) is 0 Å². The molecule has 5 aromatic rings. The summed E-state index contributed by atoms with van der Waals surface area (Å²) in [6.45, 7) is 0. The van der Waals surface area contributed by atoms with E-state index in [9.17, 15) is 14.4 Å². The van der Waals surface area contributed by atoms with Crippen molar-refractivity contribution >= 4 is 17.5 Å². The summed E-state index contributed by atoms with van der Waals surface area (Å²) < 4.78 is 16.5. The summed E-state index contributed by atoms with van der Waals surface area (Å²) in [6, 6.07) is 26.0. The number of benzene rings is 3. The molecule has 0 aliphatic heterocycles. The normalized spacial score (nSPS) is 11.7. The van der Waals surface area contributed by atoms with Crippen molar-refractivity contribution < 1.29 is 14.0 Å². The fourth-order valence-corrected chi connectivity index (χ4v) is 4.53. The van der Waals surface area contributed by atoms with Crippen LogP contribution in [0.15, 0.2) is 108 Å². The van der Waals surface area contributed by atoms with E-state index in [0.717, 1.165) is 11.1 Å². The molecule has 3 aromatic carbocycles. The van der Waals surface area contributed by atoms with Crippen molar-refractivity contribution in [2.24, 2.45) is 7.05 Å². The predicted octanol–water partition coefficient (Wildman–Crippen LogP) is 3.88. The molecule has 2 heterocycles. The van der Waals surface area contributed by atoms with Crippen LogP contribution in [0.5, 0.6) is 0 Å². The highest BCUT2D eigenvalue weighted by atomic mass is 19.1. The fraction of sp³-hybridized carbons (Fsp3) is 0.100. The van der Waals surface area contributed by atoms with Crippen molar-refractivity contribution in [3.05, 3.63) is 136 Å². The Morgan fingerprint density at radius 2 is 1.57 bits per heavy atom. The van der Waals surface area contributed by atoms with Gasteiger partial charge in [0.1, 0.15) is 17.6 Å². The van der Waals surface area contributed by atoms with Crippen LogP contribution in [0.25, 0.3) is 11.3 Å². The number of carbonyl (C=O) groups is 2. The summed E-state index contributed by atoms with van der Waals surface area (Å²) in [5.74, 6) is -2.23. The van der Waals surface area contributed by atoms with Crippen LogP contribution in [0.4, 0.5) is 10.1 Å². The largest absolute Gasteiger partial charge is 0.338 e. The molecule has 3 N–H and O–H groups in total. The molecular formula is C30H25FN6O3. The number of halogens is 1. The first kappa shape index (κ1) is 26.2. The molecule has 2 aromatic heterocycles. The van der Waals surface area contributed by atoms with Gasteiger partial charge in [-0.1, -0.05) is 60.7 Å². The highest BCUT2D eigenvalue weighted by molar-refractivity contribution is 6.01. The van der Waals surface area contributed by atoms with Gasteiger partial charge in [0.15, 0.2) is 0 Å². The van der Waals surface area contributed by atoms with Gasteiger partial charge in [-0.25, -0.2) is 9.49 Å². The molecule has 0 unspecified atom stereocenters. The molecule has 200 valence electrons. The van der Waals surface area contributed by atoms with Crippen LogP contribution in [0.2, 0.25) is 0 Å². The molecule has 0 aliphatic rings. The number of nitrogens with one attached hydrogen (secondary N) is 3. The molecule has 2 amide bonds. The first-order valence-corrected chi connectivity index (χ1v) is 12.5. The minimum absolute atomic E-state index is 0.154. The van der Waals surface area contributed by atoms with Gasteiger partial charge < -0.3 is 10.6 Å². The SMILES string of the molecule is Cn1nccc1C(=O)N[C@H](C(=O)Nc1ccc(-c2ccc(=O)[nH]n2)c(F)c1)C(c1ccccc1)c1ccccc1. The van der Waals surface area contributed by atoms with E-state index in [0.29, 0.717) is 0 Å². The zero-order valence-corrected chi connectivity index (χ0v) is 21.4. The van der Waals surface area contributed by atoms with Crippen LogP contribution in [0.1, 0.15) is 27.5 Å². The molecule has 0 spiro atoms. The number of aryl methyl sites for hydroxylation is 1. The number of aromatic amines is 1. The van der Waals surface area contributed by atoms with Crippen LogP contribution < -0.4 is 16.2 Å². The lowest BCUT2D eigenvalue weighted by Crippen LogP contribution is -2.48. The van der Waals surface area contributed by atoms with Gasteiger partial charge in [-0.3, -0.25) is 19.1 Å². The summed E-state index contributed by atoms with van der Waals surface area (Å²) in [5, 5.41) is 15.8. The highest BCUT2D eigenvalue weighted by Crippen LogP contribution is 2.30. The number of anilines is 1. The predicted molar refractivity (Wildman–Crippen MR) is 148 cm³/mol. The summed E-state index contributed by atoms with van der Waals surface area (Å²) in [4.78, 5) is 38.5. The number of rotatable bonds is 8. The molecule has 9 nitrogen and oxygen atoms in total. The Bertz CT molecular complexity index is 1640. The summed E-state index contributed by atoms with van der Waals surface area (Å²) in [6.07, 6.45) is 1.50. The minimum Gasteiger partial charge on any atom is -0.338 e. The maximum absolute atomic E-state index is 15.1. The maximum atomic E-state index is 15.1. The Morgan fingerprint density at radius 3 is 2.12 bits per heavy atom. The monoisotopic (exact) mass is 536 g/mol. The van der Waals surface area contributed by atoms with Crippen molar-refractivity contribution in [1.82, 2.24) is 25.3 Å². The van der Waals surface area contributed by atoms with Gasteiger partial charge >= 0.3 is 0 Å². The molecule has 5 rings (SSSR count). The quantitative estimate of drug-likeness (QED) is 0.278. The average molecular weight is 537 g/mol. The molecule has 0 bridgehead atoms. The fourth-order valence-electron chi connectivity index (χ4n) is 4.53. The average Bonchev–Trinajstić information content (AvgIpc) is 3.40. The zero-order valence-electron chi connectivity index (χ0n) is 21.4. The number of carbonyl (C=O) groups excluding carboxylic acids is 2. The lowest BCUT2D eigenvalue weighted by Gasteiger charge is -2.28. The van der Waals surface area contributed by atoms with Crippen LogP contribution in [-0.2, 0) is 11.8 Å². The molecule has 0 radical (unpaired) electrons. The van der Waals surface area contributed by atoms with E-state index in [1.54, 1.807) is 13.1 Å². The topological polar surface area (TPSA) is 122 Å². The van der Waals surface area contributed by atoms with Crippen LogP contribution in [-0.4, -0.2) is 37.8 Å². The van der Waals surface area contributed by atoms with Crippen LogP contribution in [0, 0.1) is 5.82 Å². The van der Waals surface area contributed by atoms with Gasteiger partial charge in [-0.05, 0) is 41.5 Å². The third kappa shape index (κ3) is 5.70. The maximum Gasteiger partial charge on any atom is 0.270 e. The third-order valence-electron chi connectivity index (χ3n) is 6.47.